The highest BCUT2D eigenvalue weighted by molar-refractivity contribution is 7.90. The van der Waals surface area contributed by atoms with Gasteiger partial charge in [0.2, 0.25) is 0 Å². The third kappa shape index (κ3) is 6.36. The highest BCUT2D eigenvalue weighted by Crippen LogP contribution is 2.38. The average molecular weight is 561 g/mol. The lowest BCUT2D eigenvalue weighted by molar-refractivity contribution is 0.256. The summed E-state index contributed by atoms with van der Waals surface area (Å²) in [5.41, 5.74) is 2.88. The Labute approximate surface area is 232 Å². The highest BCUT2D eigenvalue weighted by atomic mass is 32.2. The highest BCUT2D eigenvalue weighted by Gasteiger charge is 2.25. The van der Waals surface area contributed by atoms with Gasteiger partial charge in [0.25, 0.3) is 10.0 Å². The summed E-state index contributed by atoms with van der Waals surface area (Å²) >= 11 is 0. The maximum absolute atomic E-state index is 14.9. The second-order valence-corrected chi connectivity index (χ2v) is 11.4. The minimum absolute atomic E-state index is 0.105. The first kappa shape index (κ1) is 28.5. The Balaban J connectivity index is 1.75. The molecule has 11 heteroatoms. The van der Waals surface area contributed by atoms with Crippen LogP contribution in [0, 0.1) is 17.1 Å². The Morgan fingerprint density at radius 1 is 1.02 bits per heavy atom. The van der Waals surface area contributed by atoms with E-state index in [-0.39, 0.29) is 22.3 Å². The molecule has 0 fully saturated rings. The van der Waals surface area contributed by atoms with Crippen LogP contribution >= 0.6 is 0 Å². The minimum atomic E-state index is -4.35. The smallest absolute Gasteiger partial charge is 0.306 e. The van der Waals surface area contributed by atoms with E-state index in [4.69, 9.17) is 0 Å². The van der Waals surface area contributed by atoms with Gasteiger partial charge in [-0.2, -0.15) is 18.8 Å². The van der Waals surface area contributed by atoms with E-state index in [1.807, 2.05) is 43.6 Å². The first-order valence-corrected chi connectivity index (χ1v) is 13.9. The molecule has 0 bridgehead atoms. The molecular formula is C29H29FN6O3S. The molecule has 0 atom stereocenters. The maximum Gasteiger partial charge on any atom is 0.333 e. The van der Waals surface area contributed by atoms with Gasteiger partial charge < -0.3 is 10.2 Å². The summed E-state index contributed by atoms with van der Waals surface area (Å²) < 4.78 is 44.9. The van der Waals surface area contributed by atoms with Crippen molar-refractivity contribution in [3.8, 4) is 28.3 Å². The van der Waals surface area contributed by atoms with Crippen LogP contribution in [0.2, 0.25) is 0 Å². The molecule has 2 amide bonds. The Hall–Kier alpha value is -4.53. The number of aromatic nitrogens is 2. The van der Waals surface area contributed by atoms with Crippen molar-refractivity contribution >= 4 is 21.7 Å². The molecule has 9 nitrogen and oxygen atoms in total. The largest absolute Gasteiger partial charge is 0.333 e. The number of urea groups is 1. The maximum atomic E-state index is 14.9. The number of hydrogen-bond donors (Lipinski definition) is 2. The van der Waals surface area contributed by atoms with Crippen LogP contribution in [0.5, 0.6) is 0 Å². The Morgan fingerprint density at radius 2 is 1.68 bits per heavy atom. The van der Waals surface area contributed by atoms with E-state index in [1.165, 1.54) is 18.2 Å². The Bertz CT molecular complexity index is 1690. The number of rotatable bonds is 8. The second-order valence-electron chi connectivity index (χ2n) is 9.74. The number of halogens is 1. The van der Waals surface area contributed by atoms with Crippen molar-refractivity contribution in [2.75, 3.05) is 19.4 Å². The molecule has 0 unspecified atom stereocenters. The van der Waals surface area contributed by atoms with Crippen molar-refractivity contribution in [3.05, 3.63) is 89.9 Å². The quantitative estimate of drug-likeness (QED) is 0.299. The molecule has 0 aliphatic carbocycles. The molecule has 206 valence electrons. The van der Waals surface area contributed by atoms with Crippen LogP contribution in [-0.2, 0) is 16.6 Å². The number of sulfonamides is 1. The molecule has 4 rings (SSSR count). The van der Waals surface area contributed by atoms with Gasteiger partial charge in [0, 0.05) is 29.8 Å². The number of benzene rings is 3. The zero-order chi connectivity index (χ0) is 29.0. The van der Waals surface area contributed by atoms with E-state index in [1.54, 1.807) is 59.3 Å². The predicted molar refractivity (Wildman–Crippen MR) is 151 cm³/mol. The summed E-state index contributed by atoms with van der Waals surface area (Å²) in [5, 5.41) is 15.9. The molecule has 1 aromatic heterocycles. The molecule has 1 heterocycles. The monoisotopic (exact) mass is 560 g/mol. The molecule has 0 spiro atoms. The van der Waals surface area contributed by atoms with E-state index in [0.29, 0.717) is 34.5 Å². The number of carbonyl (C=O) groups is 1. The first-order valence-electron chi connectivity index (χ1n) is 12.4. The summed E-state index contributed by atoms with van der Waals surface area (Å²) in [6, 6.07) is 20.1. The number of carbonyl (C=O) groups excluding carboxylic acids is 1. The van der Waals surface area contributed by atoms with Crippen LogP contribution in [0.4, 0.5) is 14.9 Å². The lowest BCUT2D eigenvalue weighted by Crippen LogP contribution is -2.35. The summed E-state index contributed by atoms with van der Waals surface area (Å²) in [6.45, 7) is 4.21. The van der Waals surface area contributed by atoms with Gasteiger partial charge in [-0.25, -0.2) is 13.9 Å². The van der Waals surface area contributed by atoms with Crippen molar-refractivity contribution in [1.82, 2.24) is 19.4 Å². The molecule has 40 heavy (non-hydrogen) atoms. The van der Waals surface area contributed by atoms with Crippen molar-refractivity contribution in [1.29, 1.82) is 5.26 Å². The van der Waals surface area contributed by atoms with E-state index in [9.17, 15) is 22.9 Å². The Morgan fingerprint density at radius 3 is 2.30 bits per heavy atom. The fourth-order valence-corrected chi connectivity index (χ4v) is 5.20. The van der Waals surface area contributed by atoms with Crippen LogP contribution in [-0.4, -0.2) is 43.2 Å². The number of hydrogen-bond acceptors (Lipinski definition) is 6. The minimum Gasteiger partial charge on any atom is -0.306 e. The normalized spacial score (nSPS) is 11.4. The van der Waals surface area contributed by atoms with Crippen molar-refractivity contribution < 1.29 is 17.6 Å². The number of nitrogens with zero attached hydrogens (tertiary/aromatic N) is 4. The van der Waals surface area contributed by atoms with E-state index < -0.39 is 21.9 Å². The van der Waals surface area contributed by atoms with E-state index in [0.717, 1.165) is 0 Å². The van der Waals surface area contributed by atoms with Crippen LogP contribution < -0.4 is 10.0 Å². The molecular weight excluding hydrogens is 531 g/mol. The van der Waals surface area contributed by atoms with Gasteiger partial charge in [0.15, 0.2) is 5.03 Å². The number of amides is 2. The average Bonchev–Trinajstić information content (AvgIpc) is 3.34. The molecule has 4 aromatic rings. The molecule has 0 aliphatic rings. The molecule has 0 saturated carbocycles. The summed E-state index contributed by atoms with van der Waals surface area (Å²) in [5.74, 6) is -0.567. The number of nitriles is 1. The zero-order valence-corrected chi connectivity index (χ0v) is 23.3. The third-order valence-electron chi connectivity index (χ3n) is 5.99. The van der Waals surface area contributed by atoms with E-state index in [2.05, 4.69) is 10.4 Å². The third-order valence-corrected chi connectivity index (χ3v) is 7.19. The van der Waals surface area contributed by atoms with Crippen LogP contribution in [0.3, 0.4) is 0 Å². The van der Waals surface area contributed by atoms with Gasteiger partial charge in [-0.05, 0) is 63.3 Å². The molecule has 0 aliphatic heterocycles. The summed E-state index contributed by atoms with van der Waals surface area (Å²) in [6.07, 6.45) is 0. The van der Waals surface area contributed by atoms with Crippen LogP contribution in [0.25, 0.3) is 22.3 Å². The molecule has 3 aromatic carbocycles. The van der Waals surface area contributed by atoms with E-state index >= 15 is 0 Å². The lowest BCUT2D eigenvalue weighted by Gasteiger charge is -2.17. The van der Waals surface area contributed by atoms with Gasteiger partial charge >= 0.3 is 6.03 Å². The summed E-state index contributed by atoms with van der Waals surface area (Å²) in [7, 11) is -0.643. The van der Waals surface area contributed by atoms with Crippen LogP contribution in [0.15, 0.2) is 77.8 Å². The second kappa shape index (κ2) is 11.7. The van der Waals surface area contributed by atoms with Crippen molar-refractivity contribution in [3.63, 3.8) is 0 Å². The number of anilines is 1. The predicted octanol–water partition coefficient (Wildman–Crippen LogP) is 5.38. The van der Waals surface area contributed by atoms with Gasteiger partial charge in [-0.15, -0.1) is 0 Å². The van der Waals surface area contributed by atoms with Crippen molar-refractivity contribution in [2.45, 2.75) is 31.5 Å². The van der Waals surface area contributed by atoms with Crippen molar-refractivity contribution in [2.24, 2.45) is 0 Å². The topological polar surface area (TPSA) is 120 Å². The molecule has 0 radical (unpaired) electrons. The van der Waals surface area contributed by atoms with Crippen LogP contribution in [0.1, 0.15) is 31.1 Å². The SMILES string of the molecule is CC(C)n1nc(S(=O)(=O)NC(=O)Nc2c(-c3ccccc3)cc(F)cc2-c2cccc(C#N)c2)cc1CN(C)C. The van der Waals surface area contributed by atoms with Gasteiger partial charge in [0.1, 0.15) is 5.82 Å². The number of nitrogens with one attached hydrogen (secondary N) is 2. The lowest BCUT2D eigenvalue weighted by atomic mass is 9.95. The van der Waals surface area contributed by atoms with Gasteiger partial charge in [-0.3, -0.25) is 4.68 Å². The van der Waals surface area contributed by atoms with Gasteiger partial charge in [-0.1, -0.05) is 42.5 Å². The molecule has 0 saturated heterocycles. The summed E-state index contributed by atoms with van der Waals surface area (Å²) in [4.78, 5) is 15.1. The standard InChI is InChI=1S/C29H29FN6O3S/c1-19(2)36-24(18-35(3)4)16-27(33-36)40(38,39)34-29(37)32-28-25(21-10-6-5-7-11-21)14-23(30)15-26(28)22-12-8-9-20(13-22)17-31/h5-16,19H,18H2,1-4H3,(H2,32,34,37). The van der Waals surface area contributed by atoms with Gasteiger partial charge in [0.05, 0.1) is 23.0 Å². The fraction of sp³-hybridized carbons (Fsp3) is 0.207. The first-order chi connectivity index (χ1) is 19.0. The zero-order valence-electron chi connectivity index (χ0n) is 22.5. The fourth-order valence-electron chi connectivity index (χ4n) is 4.31. The molecule has 2 N–H and O–H groups in total. The Kier molecular flexibility index (Phi) is 8.32.